The van der Waals surface area contributed by atoms with Gasteiger partial charge in [0.15, 0.2) is 0 Å². The summed E-state index contributed by atoms with van der Waals surface area (Å²) in [5.74, 6) is 0.0896. The maximum absolute atomic E-state index is 13.2. The summed E-state index contributed by atoms with van der Waals surface area (Å²) in [7, 11) is 8.69. The minimum atomic E-state index is 0.0896. The Hall–Kier alpha value is -2.17. The minimum absolute atomic E-state index is 0.0896. The predicted molar refractivity (Wildman–Crippen MR) is 161 cm³/mol. The van der Waals surface area contributed by atoms with Gasteiger partial charge in [0.2, 0.25) is 0 Å². The molecule has 1 aromatic carbocycles. The zero-order chi connectivity index (χ0) is 27.4. The summed E-state index contributed by atoms with van der Waals surface area (Å²) in [4.78, 5) is 15.4. The Balaban J connectivity index is 2.02. The van der Waals surface area contributed by atoms with E-state index in [1.54, 1.807) is 0 Å². The van der Waals surface area contributed by atoms with Gasteiger partial charge in [-0.05, 0) is 116 Å². The second-order valence-corrected chi connectivity index (χ2v) is 12.2. The number of hydrogen-bond acceptors (Lipinski definition) is 2. The molecule has 0 aliphatic heterocycles. The first-order chi connectivity index (χ1) is 17.5. The molecule has 0 saturated carbocycles. The average Bonchev–Trinajstić information content (AvgIpc) is 2.82. The molecule has 4 nitrogen and oxygen atoms in total. The van der Waals surface area contributed by atoms with Crippen LogP contribution in [0.3, 0.4) is 0 Å². The maximum atomic E-state index is 13.2. The van der Waals surface area contributed by atoms with Gasteiger partial charge in [0.05, 0.1) is 33.7 Å². The first kappa shape index (κ1) is 31.1. The van der Waals surface area contributed by atoms with E-state index in [-0.39, 0.29) is 5.91 Å². The van der Waals surface area contributed by atoms with E-state index in [0.29, 0.717) is 6.54 Å². The number of amides is 1. The van der Waals surface area contributed by atoms with E-state index >= 15 is 0 Å². The molecule has 0 heterocycles. The molecule has 0 aromatic heterocycles. The van der Waals surface area contributed by atoms with E-state index in [9.17, 15) is 4.79 Å². The summed E-state index contributed by atoms with van der Waals surface area (Å²) >= 11 is 0. The average molecular weight is 509 g/mol. The van der Waals surface area contributed by atoms with Crippen LogP contribution < -0.4 is 5.32 Å². The molecular weight excluding hydrogens is 454 g/mol. The number of quaternary nitrogens is 1. The first-order valence-corrected chi connectivity index (χ1v) is 14.3. The van der Waals surface area contributed by atoms with Gasteiger partial charge in [0, 0.05) is 12.1 Å². The highest BCUT2D eigenvalue weighted by atomic mass is 16.1. The molecule has 4 heteroatoms. The van der Waals surface area contributed by atoms with Crippen molar-refractivity contribution in [1.82, 2.24) is 10.2 Å². The van der Waals surface area contributed by atoms with Crippen LogP contribution in [-0.4, -0.2) is 69.7 Å². The number of rotatable bonds is 14. The Bertz CT molecular complexity index is 978. The van der Waals surface area contributed by atoms with Crippen molar-refractivity contribution in [2.24, 2.45) is 0 Å². The molecule has 0 radical (unpaired) electrons. The molecule has 0 bridgehead atoms. The van der Waals surface area contributed by atoms with Crippen molar-refractivity contribution in [2.45, 2.75) is 79.1 Å². The second kappa shape index (κ2) is 15.3. The van der Waals surface area contributed by atoms with E-state index in [2.05, 4.69) is 96.5 Å². The van der Waals surface area contributed by atoms with Gasteiger partial charge in [-0.3, -0.25) is 4.79 Å². The molecule has 1 N–H and O–H groups in total. The van der Waals surface area contributed by atoms with Gasteiger partial charge in [-0.25, -0.2) is 0 Å². The molecular formula is C33H54N3O+. The minimum Gasteiger partial charge on any atom is -0.346 e. The number of carbonyl (C=O) groups excluding carboxylic acids is 1. The Labute approximate surface area is 228 Å². The quantitative estimate of drug-likeness (QED) is 0.221. The van der Waals surface area contributed by atoms with Crippen molar-refractivity contribution in [3.8, 4) is 0 Å². The third-order valence-corrected chi connectivity index (χ3v) is 7.50. The van der Waals surface area contributed by atoms with Crippen LogP contribution in [0.5, 0.6) is 0 Å². The van der Waals surface area contributed by atoms with Crippen LogP contribution in [0, 0.1) is 0 Å². The Kier molecular flexibility index (Phi) is 12.8. The molecule has 0 fully saturated rings. The molecule has 0 atom stereocenters. The van der Waals surface area contributed by atoms with Gasteiger partial charge in [-0.1, -0.05) is 41.0 Å². The molecule has 0 spiro atoms. The van der Waals surface area contributed by atoms with Gasteiger partial charge in [-0.15, -0.1) is 0 Å². The lowest BCUT2D eigenvalue weighted by molar-refractivity contribution is -0.888. The fourth-order valence-corrected chi connectivity index (χ4v) is 4.97. The van der Waals surface area contributed by atoms with Crippen molar-refractivity contribution in [2.75, 3.05) is 54.4 Å². The van der Waals surface area contributed by atoms with E-state index < -0.39 is 0 Å². The Morgan fingerprint density at radius 1 is 0.919 bits per heavy atom. The summed E-state index contributed by atoms with van der Waals surface area (Å²) in [5.41, 5.74) is 9.18. The van der Waals surface area contributed by atoms with Crippen molar-refractivity contribution < 1.29 is 9.28 Å². The lowest BCUT2D eigenvalue weighted by Crippen LogP contribution is -2.48. The predicted octanol–water partition coefficient (Wildman–Crippen LogP) is 6.81. The third-order valence-electron chi connectivity index (χ3n) is 7.50. The number of benzene rings is 1. The fraction of sp³-hybridized carbons (Fsp3) is 0.606. The molecule has 0 unspecified atom stereocenters. The van der Waals surface area contributed by atoms with Gasteiger partial charge in [0.1, 0.15) is 0 Å². The summed E-state index contributed by atoms with van der Waals surface area (Å²) in [5, 5.41) is 3.22. The lowest BCUT2D eigenvalue weighted by Gasteiger charge is -2.31. The SMILES string of the molecule is CC(C)=CCCC(C)=CCCC(C)=Cc1ccc(C(=O)NCC[N+](C)(C)CCN(C)C)c2c1CCCC2. The molecule has 1 amide bonds. The number of likely N-dealkylation sites (N-methyl/N-ethyl adjacent to an activating group) is 2. The highest BCUT2D eigenvalue weighted by Crippen LogP contribution is 2.30. The lowest BCUT2D eigenvalue weighted by atomic mass is 9.84. The van der Waals surface area contributed by atoms with E-state index in [4.69, 9.17) is 0 Å². The number of nitrogens with zero attached hydrogens (tertiary/aromatic N) is 2. The fourth-order valence-electron chi connectivity index (χ4n) is 4.97. The molecule has 0 saturated heterocycles. The van der Waals surface area contributed by atoms with Gasteiger partial charge in [-0.2, -0.15) is 0 Å². The van der Waals surface area contributed by atoms with E-state index in [1.807, 2.05) is 0 Å². The van der Waals surface area contributed by atoms with Crippen molar-refractivity contribution >= 4 is 12.0 Å². The van der Waals surface area contributed by atoms with Gasteiger partial charge in [0.25, 0.3) is 5.91 Å². The molecule has 1 aliphatic carbocycles. The van der Waals surface area contributed by atoms with Crippen LogP contribution in [0.15, 0.2) is 41.0 Å². The number of hydrogen-bond donors (Lipinski definition) is 1. The number of nitrogens with one attached hydrogen (secondary N) is 1. The van der Waals surface area contributed by atoms with Crippen molar-refractivity contribution in [3.05, 3.63) is 63.3 Å². The number of fused-ring (bicyclic) bond motifs is 1. The molecule has 1 aromatic rings. The highest BCUT2D eigenvalue weighted by molar-refractivity contribution is 5.96. The maximum Gasteiger partial charge on any atom is 0.251 e. The summed E-state index contributed by atoms with van der Waals surface area (Å²) in [6.45, 7) is 12.6. The van der Waals surface area contributed by atoms with Crippen LogP contribution in [0.1, 0.15) is 93.3 Å². The topological polar surface area (TPSA) is 32.3 Å². The first-order valence-electron chi connectivity index (χ1n) is 14.3. The van der Waals surface area contributed by atoms with E-state index in [1.165, 1.54) is 46.3 Å². The molecule has 206 valence electrons. The monoisotopic (exact) mass is 508 g/mol. The molecule has 2 rings (SSSR count). The van der Waals surface area contributed by atoms with Crippen LogP contribution in [0.25, 0.3) is 6.08 Å². The van der Waals surface area contributed by atoms with E-state index in [0.717, 1.165) is 68.2 Å². The third kappa shape index (κ3) is 11.4. The van der Waals surface area contributed by atoms with Crippen molar-refractivity contribution in [1.29, 1.82) is 0 Å². The normalized spacial score (nSPS) is 14.5. The number of carbonyl (C=O) groups is 1. The summed E-state index contributed by atoms with van der Waals surface area (Å²) < 4.78 is 0.906. The van der Waals surface area contributed by atoms with Gasteiger partial charge >= 0.3 is 0 Å². The Morgan fingerprint density at radius 3 is 2.24 bits per heavy atom. The molecule has 37 heavy (non-hydrogen) atoms. The standard InChI is InChI=1S/C33H53N3O/c1-26(2)13-11-14-27(3)15-12-16-28(4)25-29-19-20-32(31-18-10-9-17-30(29)31)33(37)34-21-23-36(7,8)24-22-35(5)6/h13,15,19-20,25H,9-12,14,16-18,21-24H2,1-8H3/p+1. The summed E-state index contributed by atoms with van der Waals surface area (Å²) in [6, 6.07) is 4.25. The second-order valence-electron chi connectivity index (χ2n) is 12.2. The van der Waals surface area contributed by atoms with Crippen LogP contribution >= 0.6 is 0 Å². The highest BCUT2D eigenvalue weighted by Gasteiger charge is 2.21. The van der Waals surface area contributed by atoms with Crippen LogP contribution in [-0.2, 0) is 12.8 Å². The largest absolute Gasteiger partial charge is 0.346 e. The zero-order valence-corrected chi connectivity index (χ0v) is 25.2. The number of allylic oxidation sites excluding steroid dienone is 5. The van der Waals surface area contributed by atoms with Gasteiger partial charge < -0.3 is 14.7 Å². The molecule has 1 aliphatic rings. The smallest absolute Gasteiger partial charge is 0.251 e. The van der Waals surface area contributed by atoms with Crippen LogP contribution in [0.4, 0.5) is 0 Å². The summed E-state index contributed by atoms with van der Waals surface area (Å²) in [6.07, 6.45) is 16.0. The van der Waals surface area contributed by atoms with Crippen LogP contribution in [0.2, 0.25) is 0 Å². The Morgan fingerprint density at radius 2 is 1.57 bits per heavy atom. The van der Waals surface area contributed by atoms with Crippen molar-refractivity contribution in [3.63, 3.8) is 0 Å². The zero-order valence-electron chi connectivity index (χ0n) is 25.2.